The standard InChI is InChI=1S/C39H39N4O5PS/c1-3-47-37(44)33-34(38(45)48-4-2)36(50-35(33)41-39(43-25-27-46-28-26-43)40-29-17-9-5-10-18-29)42-49(30-19-11-6-12-20-30,31-21-13-7-14-22-31)32-23-15-8-16-24-32/h5-24H,3-4,25-28H2,1-2H3,(H,40,41). The summed E-state index contributed by atoms with van der Waals surface area (Å²) in [4.78, 5) is 35.1. The second kappa shape index (κ2) is 16.6. The number of esters is 2. The SMILES string of the molecule is CCOC(=O)c1c(N=P(c2ccccc2)(c2ccccc2)c2ccccc2)sc(/N=C(\Nc2ccccc2)N2CCOCC2)c1C(=O)OCC. The number of nitrogens with zero attached hydrogens (tertiary/aromatic N) is 3. The first-order valence-electron chi connectivity index (χ1n) is 16.6. The van der Waals surface area contributed by atoms with Gasteiger partial charge in [-0.15, -0.1) is 0 Å². The van der Waals surface area contributed by atoms with Crippen molar-refractivity contribution in [2.45, 2.75) is 13.8 Å². The number of anilines is 1. The maximum atomic E-state index is 14.0. The van der Waals surface area contributed by atoms with Crippen molar-refractivity contribution in [1.82, 2.24) is 4.90 Å². The normalized spacial score (nSPS) is 13.4. The Morgan fingerprint density at radius 3 is 1.60 bits per heavy atom. The summed E-state index contributed by atoms with van der Waals surface area (Å²) in [5.41, 5.74) is 0.897. The minimum absolute atomic E-state index is 0.0296. The van der Waals surface area contributed by atoms with Gasteiger partial charge in [0.15, 0.2) is 0 Å². The van der Waals surface area contributed by atoms with Gasteiger partial charge < -0.3 is 24.4 Å². The van der Waals surface area contributed by atoms with Gasteiger partial charge in [0, 0.05) is 34.7 Å². The number of morpholine rings is 1. The topological polar surface area (TPSA) is 102 Å². The first-order valence-corrected chi connectivity index (χ1v) is 19.1. The first kappa shape index (κ1) is 34.8. The van der Waals surface area contributed by atoms with Crippen molar-refractivity contribution < 1.29 is 23.8 Å². The van der Waals surface area contributed by atoms with E-state index in [0.717, 1.165) is 21.6 Å². The van der Waals surface area contributed by atoms with E-state index < -0.39 is 19.0 Å². The second-order valence-corrected chi connectivity index (χ2v) is 15.2. The van der Waals surface area contributed by atoms with E-state index in [9.17, 15) is 9.59 Å². The summed E-state index contributed by atoms with van der Waals surface area (Å²) >= 11 is 1.18. The molecule has 0 amide bonds. The quantitative estimate of drug-likeness (QED) is 0.0702. The number of carbonyl (C=O) groups excluding carboxylic acids is 2. The highest BCUT2D eigenvalue weighted by atomic mass is 32.1. The summed E-state index contributed by atoms with van der Waals surface area (Å²) in [5.74, 6) is -0.817. The molecule has 0 bridgehead atoms. The molecule has 0 unspecified atom stereocenters. The third-order valence-electron chi connectivity index (χ3n) is 8.01. The average molecular weight is 707 g/mol. The Balaban J connectivity index is 1.69. The molecule has 0 atom stereocenters. The molecule has 0 saturated carbocycles. The molecule has 5 aromatic rings. The minimum Gasteiger partial charge on any atom is -0.462 e. The van der Waals surface area contributed by atoms with Crippen LogP contribution in [0.5, 0.6) is 0 Å². The monoisotopic (exact) mass is 706 g/mol. The number of ether oxygens (including phenoxy) is 3. The average Bonchev–Trinajstić information content (AvgIpc) is 3.53. The molecule has 2 heterocycles. The Labute approximate surface area is 296 Å². The van der Waals surface area contributed by atoms with E-state index in [4.69, 9.17) is 23.9 Å². The Morgan fingerprint density at radius 1 is 0.700 bits per heavy atom. The molecule has 9 nitrogen and oxygen atoms in total. The molecule has 0 spiro atoms. The Kier molecular flexibility index (Phi) is 11.6. The van der Waals surface area contributed by atoms with Crippen LogP contribution in [0.2, 0.25) is 0 Å². The van der Waals surface area contributed by atoms with Crippen LogP contribution in [-0.4, -0.2) is 62.3 Å². The molecule has 1 saturated heterocycles. The van der Waals surface area contributed by atoms with Gasteiger partial charge in [-0.2, -0.15) is 0 Å². The maximum Gasteiger partial charge on any atom is 0.342 e. The number of guanidine groups is 1. The predicted molar refractivity (Wildman–Crippen MR) is 203 cm³/mol. The number of benzene rings is 4. The van der Waals surface area contributed by atoms with Crippen LogP contribution >= 0.6 is 18.4 Å². The Morgan fingerprint density at radius 2 is 1.14 bits per heavy atom. The molecule has 0 radical (unpaired) electrons. The van der Waals surface area contributed by atoms with E-state index in [1.807, 2.05) is 84.9 Å². The second-order valence-electron chi connectivity index (χ2n) is 11.2. The van der Waals surface area contributed by atoms with E-state index in [1.165, 1.54) is 11.3 Å². The summed E-state index contributed by atoms with van der Waals surface area (Å²) in [6, 6.07) is 40.0. The van der Waals surface area contributed by atoms with Crippen LogP contribution < -0.4 is 21.2 Å². The highest BCUT2D eigenvalue weighted by Crippen LogP contribution is 2.53. The highest BCUT2D eigenvalue weighted by Gasteiger charge is 2.35. The molecule has 0 aliphatic carbocycles. The summed E-state index contributed by atoms with van der Waals surface area (Å²) in [7, 11) is -2.84. The van der Waals surface area contributed by atoms with Gasteiger partial charge in [0.2, 0.25) is 5.96 Å². The van der Waals surface area contributed by atoms with Crippen LogP contribution in [0, 0.1) is 0 Å². The van der Waals surface area contributed by atoms with Crippen LogP contribution in [0.15, 0.2) is 131 Å². The van der Waals surface area contributed by atoms with Crippen molar-refractivity contribution in [3.05, 3.63) is 132 Å². The zero-order valence-electron chi connectivity index (χ0n) is 28.0. The number of hydrogen-bond acceptors (Lipinski definition) is 8. The fraction of sp³-hybridized carbons (Fsp3) is 0.205. The summed E-state index contributed by atoms with van der Waals surface area (Å²) in [6.45, 7) is 5.92. The van der Waals surface area contributed by atoms with Gasteiger partial charge in [-0.05, 0) is 26.0 Å². The number of hydrogen-bond donors (Lipinski definition) is 1. The van der Waals surface area contributed by atoms with Crippen LogP contribution in [-0.2, 0) is 14.2 Å². The summed E-state index contributed by atoms with van der Waals surface area (Å²) in [5, 5.41) is 7.04. The lowest BCUT2D eigenvalue weighted by Gasteiger charge is -2.30. The van der Waals surface area contributed by atoms with Gasteiger partial charge >= 0.3 is 11.9 Å². The molecule has 50 heavy (non-hydrogen) atoms. The van der Waals surface area contributed by atoms with Crippen molar-refractivity contribution in [2.24, 2.45) is 9.74 Å². The van der Waals surface area contributed by atoms with Crippen molar-refractivity contribution in [3.8, 4) is 0 Å². The fourth-order valence-corrected chi connectivity index (χ4v) is 10.6. The van der Waals surface area contributed by atoms with Crippen LogP contribution in [0.25, 0.3) is 0 Å². The molecule has 1 aromatic heterocycles. The van der Waals surface area contributed by atoms with Crippen molar-refractivity contribution in [2.75, 3.05) is 44.8 Å². The maximum absolute atomic E-state index is 14.0. The van der Waals surface area contributed by atoms with E-state index in [2.05, 4.69) is 46.6 Å². The highest BCUT2D eigenvalue weighted by molar-refractivity contribution is 7.87. The molecule has 256 valence electrons. The van der Waals surface area contributed by atoms with Crippen LogP contribution in [0.4, 0.5) is 15.7 Å². The molecule has 1 aliphatic heterocycles. The third kappa shape index (κ3) is 7.58. The van der Waals surface area contributed by atoms with E-state index in [0.29, 0.717) is 42.3 Å². The molecule has 1 aliphatic rings. The minimum atomic E-state index is -2.84. The molecular weight excluding hydrogens is 667 g/mol. The van der Waals surface area contributed by atoms with Crippen molar-refractivity contribution in [3.63, 3.8) is 0 Å². The lowest BCUT2D eigenvalue weighted by molar-refractivity contribution is 0.0481. The molecule has 4 aromatic carbocycles. The number of thiophene rings is 1. The lowest BCUT2D eigenvalue weighted by Crippen LogP contribution is -2.44. The van der Waals surface area contributed by atoms with Gasteiger partial charge in [-0.25, -0.2) is 19.3 Å². The number of rotatable bonds is 10. The number of nitrogens with one attached hydrogen (secondary N) is 1. The first-order chi connectivity index (χ1) is 24.5. The Hall–Kier alpha value is -5.02. The molecule has 1 fully saturated rings. The van der Waals surface area contributed by atoms with Crippen molar-refractivity contribution in [1.29, 1.82) is 0 Å². The number of aliphatic imine (C=N–C) groups is 1. The van der Waals surface area contributed by atoms with Gasteiger partial charge in [0.05, 0.1) is 33.5 Å². The van der Waals surface area contributed by atoms with E-state index in [1.54, 1.807) is 13.8 Å². The molecule has 11 heteroatoms. The van der Waals surface area contributed by atoms with E-state index in [-0.39, 0.29) is 24.3 Å². The molecule has 6 rings (SSSR count). The number of para-hydroxylation sites is 1. The number of carbonyl (C=O) groups is 2. The van der Waals surface area contributed by atoms with Crippen LogP contribution in [0.3, 0.4) is 0 Å². The van der Waals surface area contributed by atoms with Gasteiger partial charge in [-0.3, -0.25) is 0 Å². The zero-order chi connectivity index (χ0) is 34.8. The smallest absolute Gasteiger partial charge is 0.342 e. The van der Waals surface area contributed by atoms with Gasteiger partial charge in [0.1, 0.15) is 21.1 Å². The summed E-state index contributed by atoms with van der Waals surface area (Å²) in [6.07, 6.45) is 0. The fourth-order valence-electron chi connectivity index (χ4n) is 5.73. The van der Waals surface area contributed by atoms with Gasteiger partial charge in [-0.1, -0.05) is 121 Å². The molecule has 1 N–H and O–H groups in total. The summed E-state index contributed by atoms with van der Waals surface area (Å²) < 4.78 is 22.5. The third-order valence-corrected chi connectivity index (χ3v) is 12.8. The largest absolute Gasteiger partial charge is 0.462 e. The van der Waals surface area contributed by atoms with Crippen LogP contribution in [0.1, 0.15) is 34.6 Å². The predicted octanol–water partition coefficient (Wildman–Crippen LogP) is 7.34. The molecular formula is C39H39N4O5PS. The lowest BCUT2D eigenvalue weighted by atomic mass is 10.1. The zero-order valence-corrected chi connectivity index (χ0v) is 29.7. The van der Waals surface area contributed by atoms with E-state index >= 15 is 0 Å². The Bertz CT molecular complexity index is 1880. The van der Waals surface area contributed by atoms with Crippen molar-refractivity contribution >= 4 is 67.9 Å². The van der Waals surface area contributed by atoms with Gasteiger partial charge in [0.25, 0.3) is 0 Å².